The molecule has 0 aromatic carbocycles. The van der Waals surface area contributed by atoms with Crippen molar-refractivity contribution in [2.24, 2.45) is 28.6 Å². The Morgan fingerprint density at radius 2 is 1.90 bits per heavy atom. The van der Waals surface area contributed by atoms with Crippen LogP contribution >= 0.6 is 0 Å². The molecule has 2 N–H and O–H groups in total. The maximum Gasteiger partial charge on any atom is 0.314 e. The van der Waals surface area contributed by atoms with E-state index < -0.39 is 47.4 Å². The van der Waals surface area contributed by atoms with E-state index in [-0.39, 0.29) is 47.8 Å². The van der Waals surface area contributed by atoms with Gasteiger partial charge in [-0.05, 0) is 61.9 Å². The zero-order valence-corrected chi connectivity index (χ0v) is 25.2. The predicted molar refractivity (Wildman–Crippen MR) is 146 cm³/mol. The summed E-state index contributed by atoms with van der Waals surface area (Å²) in [7, 11) is 1.57. The molecule has 0 bridgehead atoms. The van der Waals surface area contributed by atoms with Gasteiger partial charge in [0, 0.05) is 38.2 Å². The molecule has 4 aliphatic carbocycles. The van der Waals surface area contributed by atoms with Crippen molar-refractivity contribution in [2.75, 3.05) is 7.11 Å². The Morgan fingerprint density at radius 1 is 1.12 bits per heavy atom. The zero-order valence-electron chi connectivity index (χ0n) is 25.2. The van der Waals surface area contributed by atoms with Gasteiger partial charge in [-0.2, -0.15) is 0 Å². The van der Waals surface area contributed by atoms with Crippen LogP contribution in [0.2, 0.25) is 0 Å². The van der Waals surface area contributed by atoms with E-state index in [4.69, 9.17) is 28.4 Å². The van der Waals surface area contributed by atoms with Gasteiger partial charge in [-0.25, -0.2) is 0 Å². The SMILES string of the molecule is CO[C@@H]1C[C@@H](C)O[C@H]2O[C@@H]3C=C4CC[C@@H]5[C@H](CC[C@]6(C)[C@@H](C7=COC(=O)C7)[C@@H](OC(C)=O)C[C@]56O)[C@@]4(C)C[C@H]3O[C@]21O. The van der Waals surface area contributed by atoms with Crippen LogP contribution in [0.25, 0.3) is 0 Å². The third-order valence-electron chi connectivity index (χ3n) is 12.3. The smallest absolute Gasteiger partial charge is 0.314 e. The van der Waals surface area contributed by atoms with Crippen LogP contribution in [0.3, 0.4) is 0 Å². The molecule has 10 heteroatoms. The molecule has 3 aliphatic heterocycles. The maximum absolute atomic E-state index is 12.8. The number of aliphatic hydroxyl groups is 2. The molecule has 0 spiro atoms. The molecule has 3 heterocycles. The summed E-state index contributed by atoms with van der Waals surface area (Å²) in [5, 5.41) is 24.4. The lowest BCUT2D eigenvalue weighted by Gasteiger charge is -2.63. The number of allylic oxidation sites excluding steroid dienone is 1. The summed E-state index contributed by atoms with van der Waals surface area (Å²) in [5.41, 5.74) is 0.151. The van der Waals surface area contributed by atoms with Crippen LogP contribution in [0.5, 0.6) is 0 Å². The molecule has 0 aromatic rings. The Hall–Kier alpha value is -1.82. The van der Waals surface area contributed by atoms with Crippen LogP contribution < -0.4 is 0 Å². The summed E-state index contributed by atoms with van der Waals surface area (Å²) in [4.78, 5) is 24.3. The molecule has 232 valence electrons. The van der Waals surface area contributed by atoms with E-state index in [1.807, 2.05) is 6.92 Å². The van der Waals surface area contributed by atoms with Crippen LogP contribution in [0.1, 0.15) is 79.1 Å². The van der Waals surface area contributed by atoms with Gasteiger partial charge < -0.3 is 38.6 Å². The highest BCUT2D eigenvalue weighted by atomic mass is 16.8. The number of cyclic esters (lactones) is 1. The lowest BCUT2D eigenvalue weighted by atomic mass is 9.44. The Labute approximate surface area is 246 Å². The van der Waals surface area contributed by atoms with E-state index >= 15 is 0 Å². The Kier molecular flexibility index (Phi) is 6.60. The molecular weight excluding hydrogens is 544 g/mol. The fourth-order valence-electron chi connectivity index (χ4n) is 10.4. The largest absolute Gasteiger partial charge is 0.462 e. The molecule has 7 rings (SSSR count). The van der Waals surface area contributed by atoms with Crippen LogP contribution in [-0.4, -0.2) is 77.5 Å². The summed E-state index contributed by atoms with van der Waals surface area (Å²) in [5.74, 6) is -2.59. The maximum atomic E-state index is 12.8. The number of ether oxygens (including phenoxy) is 6. The van der Waals surface area contributed by atoms with Crippen LogP contribution in [0.15, 0.2) is 23.5 Å². The van der Waals surface area contributed by atoms with E-state index in [2.05, 4.69) is 19.9 Å². The van der Waals surface area contributed by atoms with Crippen molar-refractivity contribution in [2.45, 2.75) is 127 Å². The highest BCUT2D eigenvalue weighted by Crippen LogP contribution is 2.70. The number of carbonyl (C=O) groups is 2. The fraction of sp³-hybridized carbons (Fsp3) is 0.812. The van der Waals surface area contributed by atoms with Crippen LogP contribution in [0.4, 0.5) is 0 Å². The molecule has 7 aliphatic rings. The monoisotopic (exact) mass is 588 g/mol. The first kappa shape index (κ1) is 28.9. The number of hydrogen-bond acceptors (Lipinski definition) is 10. The molecule has 0 unspecified atom stereocenters. The van der Waals surface area contributed by atoms with Gasteiger partial charge >= 0.3 is 11.9 Å². The second-order valence-corrected chi connectivity index (χ2v) is 14.4. The van der Waals surface area contributed by atoms with E-state index in [9.17, 15) is 19.8 Å². The average Bonchev–Trinajstić information content (AvgIpc) is 3.42. The molecule has 5 fully saturated rings. The van der Waals surface area contributed by atoms with E-state index in [1.165, 1.54) is 18.8 Å². The van der Waals surface area contributed by atoms with E-state index in [1.54, 1.807) is 7.11 Å². The van der Waals surface area contributed by atoms with Crippen LogP contribution in [0, 0.1) is 28.6 Å². The number of hydrogen-bond donors (Lipinski definition) is 2. The molecule has 10 nitrogen and oxygen atoms in total. The molecule has 0 aromatic heterocycles. The number of fused-ring (bicyclic) bond motifs is 7. The number of esters is 2. The van der Waals surface area contributed by atoms with Crippen molar-refractivity contribution in [3.05, 3.63) is 23.5 Å². The third kappa shape index (κ3) is 3.91. The minimum absolute atomic E-state index is 0.0393. The van der Waals surface area contributed by atoms with Crippen molar-refractivity contribution in [3.63, 3.8) is 0 Å². The van der Waals surface area contributed by atoms with Gasteiger partial charge in [-0.15, -0.1) is 0 Å². The quantitative estimate of drug-likeness (QED) is 0.374. The number of rotatable bonds is 3. The van der Waals surface area contributed by atoms with E-state index in [0.29, 0.717) is 19.3 Å². The number of carbonyl (C=O) groups excluding carboxylic acids is 2. The third-order valence-corrected chi connectivity index (χ3v) is 12.3. The Balaban J connectivity index is 1.20. The van der Waals surface area contributed by atoms with E-state index in [0.717, 1.165) is 31.3 Å². The Bertz CT molecular complexity index is 1230. The van der Waals surface area contributed by atoms with Gasteiger partial charge in [0.15, 0.2) is 0 Å². The van der Waals surface area contributed by atoms with Gasteiger partial charge in [0.05, 0.1) is 30.5 Å². The number of methoxy groups -OCH3 is 1. The van der Waals surface area contributed by atoms with Crippen molar-refractivity contribution in [3.8, 4) is 0 Å². The summed E-state index contributed by atoms with van der Waals surface area (Å²) < 4.78 is 35.5. The lowest BCUT2D eigenvalue weighted by Crippen LogP contribution is -2.69. The topological polar surface area (TPSA) is 130 Å². The zero-order chi connectivity index (χ0) is 29.8. The molecule has 0 radical (unpaired) electrons. The standard InChI is InChI=1S/C32H44O10/c1-16-10-25(37-5)32(36)28(39-16)41-22-12-19-6-7-21-20(29(19,3)13-23(22)42-32)8-9-30(4)27(18-11-26(34)38-15-18)24(40-17(2)33)14-31(21,30)35/h12,15-16,20-25,27-28,35-36H,6-11,13-14H2,1-5H3/t16-,20+,21-,22-,23-,24+,25-,27+,28+,29+,30-,31+,32+/m1/s1. The van der Waals surface area contributed by atoms with Crippen LogP contribution in [-0.2, 0) is 38.0 Å². The van der Waals surface area contributed by atoms with Gasteiger partial charge in [-0.3, -0.25) is 9.59 Å². The average molecular weight is 589 g/mol. The van der Waals surface area contributed by atoms with Crippen molar-refractivity contribution >= 4 is 11.9 Å². The first-order valence-electron chi connectivity index (χ1n) is 15.6. The Morgan fingerprint density at radius 3 is 2.60 bits per heavy atom. The highest BCUT2D eigenvalue weighted by Gasteiger charge is 2.71. The second kappa shape index (κ2) is 9.59. The second-order valence-electron chi connectivity index (χ2n) is 14.4. The molecule has 42 heavy (non-hydrogen) atoms. The minimum Gasteiger partial charge on any atom is -0.462 e. The first-order valence-corrected chi connectivity index (χ1v) is 15.6. The van der Waals surface area contributed by atoms with Crippen molar-refractivity contribution < 1.29 is 48.2 Å². The molecule has 2 saturated heterocycles. The normalized spacial score (nSPS) is 52.9. The van der Waals surface area contributed by atoms with Crippen molar-refractivity contribution in [1.29, 1.82) is 0 Å². The molecule has 3 saturated carbocycles. The van der Waals surface area contributed by atoms with Crippen molar-refractivity contribution in [1.82, 2.24) is 0 Å². The van der Waals surface area contributed by atoms with Gasteiger partial charge in [0.2, 0.25) is 12.1 Å². The summed E-state index contributed by atoms with van der Waals surface area (Å²) >= 11 is 0. The first-order chi connectivity index (χ1) is 19.8. The minimum atomic E-state index is -1.70. The fourth-order valence-corrected chi connectivity index (χ4v) is 10.4. The summed E-state index contributed by atoms with van der Waals surface area (Å²) in [6, 6.07) is 0. The molecular formula is C32H44O10. The van der Waals surface area contributed by atoms with Gasteiger partial charge in [-0.1, -0.05) is 25.5 Å². The lowest BCUT2D eigenvalue weighted by molar-refractivity contribution is -0.450. The molecule has 0 amide bonds. The summed E-state index contributed by atoms with van der Waals surface area (Å²) in [6.07, 6.45) is 5.60. The van der Waals surface area contributed by atoms with Gasteiger partial charge in [0.1, 0.15) is 18.3 Å². The summed E-state index contributed by atoms with van der Waals surface area (Å²) in [6.45, 7) is 7.71. The highest BCUT2D eigenvalue weighted by molar-refractivity contribution is 5.76. The predicted octanol–water partition coefficient (Wildman–Crippen LogP) is 3.29. The van der Waals surface area contributed by atoms with Gasteiger partial charge in [0.25, 0.3) is 0 Å². The molecule has 13 atom stereocenters.